The molecule has 16 heavy (non-hydrogen) atoms. The molecule has 0 aromatic rings. The van der Waals surface area contributed by atoms with Crippen LogP contribution >= 0.6 is 0 Å². The maximum atomic E-state index is 5.65. The molecular weight excluding hydrogens is 200 g/mol. The van der Waals surface area contributed by atoms with Gasteiger partial charge in [0.1, 0.15) is 0 Å². The van der Waals surface area contributed by atoms with E-state index in [1.807, 2.05) is 0 Å². The van der Waals surface area contributed by atoms with Gasteiger partial charge in [0.15, 0.2) is 0 Å². The molecule has 3 nitrogen and oxygen atoms in total. The van der Waals surface area contributed by atoms with Gasteiger partial charge < -0.3 is 10.5 Å². The molecule has 0 radical (unpaired) electrons. The summed E-state index contributed by atoms with van der Waals surface area (Å²) in [5.41, 5.74) is 5.99. The molecule has 0 saturated carbocycles. The van der Waals surface area contributed by atoms with Gasteiger partial charge in [-0.15, -0.1) is 0 Å². The molecule has 1 atom stereocenters. The molecule has 96 valence electrons. The SMILES string of the molecule is COCCCN1CCC(CCN)CC1(C)C. The van der Waals surface area contributed by atoms with Crippen molar-refractivity contribution in [3.63, 3.8) is 0 Å². The summed E-state index contributed by atoms with van der Waals surface area (Å²) in [6, 6.07) is 0. The van der Waals surface area contributed by atoms with Crippen LogP contribution in [0.1, 0.15) is 39.5 Å². The van der Waals surface area contributed by atoms with Gasteiger partial charge in [-0.25, -0.2) is 0 Å². The number of piperidine rings is 1. The average molecular weight is 228 g/mol. The molecule has 3 heteroatoms. The van der Waals surface area contributed by atoms with Gasteiger partial charge >= 0.3 is 0 Å². The lowest BCUT2D eigenvalue weighted by Gasteiger charge is -2.46. The Kier molecular flexibility index (Phi) is 5.73. The van der Waals surface area contributed by atoms with Crippen LogP contribution in [0.4, 0.5) is 0 Å². The maximum Gasteiger partial charge on any atom is 0.0474 e. The van der Waals surface area contributed by atoms with Crippen LogP contribution in [0.25, 0.3) is 0 Å². The monoisotopic (exact) mass is 228 g/mol. The topological polar surface area (TPSA) is 38.5 Å². The molecule has 1 aliphatic heterocycles. The summed E-state index contributed by atoms with van der Waals surface area (Å²) in [6.07, 6.45) is 4.93. The van der Waals surface area contributed by atoms with Crippen LogP contribution in [-0.2, 0) is 4.74 Å². The Morgan fingerprint density at radius 2 is 2.19 bits per heavy atom. The van der Waals surface area contributed by atoms with E-state index in [4.69, 9.17) is 10.5 Å². The largest absolute Gasteiger partial charge is 0.385 e. The molecular formula is C13H28N2O. The Bertz CT molecular complexity index is 194. The number of nitrogens with two attached hydrogens (primary N) is 1. The molecule has 0 spiro atoms. The van der Waals surface area contributed by atoms with Gasteiger partial charge in [0.05, 0.1) is 0 Å². The highest BCUT2D eigenvalue weighted by Gasteiger charge is 2.33. The number of nitrogens with zero attached hydrogens (tertiary/aromatic N) is 1. The van der Waals surface area contributed by atoms with Crippen LogP contribution in [0.15, 0.2) is 0 Å². The van der Waals surface area contributed by atoms with Gasteiger partial charge in [-0.3, -0.25) is 4.90 Å². The molecule has 1 unspecified atom stereocenters. The number of methoxy groups -OCH3 is 1. The van der Waals surface area contributed by atoms with Crippen molar-refractivity contribution in [3.8, 4) is 0 Å². The van der Waals surface area contributed by atoms with Crippen LogP contribution < -0.4 is 5.73 Å². The smallest absolute Gasteiger partial charge is 0.0474 e. The van der Waals surface area contributed by atoms with Crippen molar-refractivity contribution in [3.05, 3.63) is 0 Å². The fraction of sp³-hybridized carbons (Fsp3) is 1.00. The highest BCUT2D eigenvalue weighted by Crippen LogP contribution is 2.32. The fourth-order valence-corrected chi connectivity index (χ4v) is 2.88. The maximum absolute atomic E-state index is 5.65. The second-order valence-electron chi connectivity index (χ2n) is 5.58. The van der Waals surface area contributed by atoms with E-state index in [-0.39, 0.29) is 0 Å². The van der Waals surface area contributed by atoms with Crippen molar-refractivity contribution in [1.82, 2.24) is 4.90 Å². The van der Waals surface area contributed by atoms with Crippen molar-refractivity contribution >= 4 is 0 Å². The van der Waals surface area contributed by atoms with Crippen molar-refractivity contribution in [1.29, 1.82) is 0 Å². The third-order valence-corrected chi connectivity index (χ3v) is 3.80. The van der Waals surface area contributed by atoms with Crippen molar-refractivity contribution in [2.75, 3.05) is 33.4 Å². The molecule has 0 aromatic heterocycles. The Balaban J connectivity index is 2.37. The Morgan fingerprint density at radius 1 is 1.44 bits per heavy atom. The van der Waals surface area contributed by atoms with E-state index in [1.54, 1.807) is 7.11 Å². The number of rotatable bonds is 6. The van der Waals surface area contributed by atoms with Crippen molar-refractivity contribution in [2.24, 2.45) is 11.7 Å². The summed E-state index contributed by atoms with van der Waals surface area (Å²) in [4.78, 5) is 2.61. The van der Waals surface area contributed by atoms with Gasteiger partial charge in [0.25, 0.3) is 0 Å². The Labute approximate surface area is 100 Å². The number of likely N-dealkylation sites (tertiary alicyclic amines) is 1. The lowest BCUT2D eigenvalue weighted by molar-refractivity contribution is 0.0375. The molecule has 1 heterocycles. The molecule has 0 amide bonds. The summed E-state index contributed by atoms with van der Waals surface area (Å²) < 4.78 is 5.12. The van der Waals surface area contributed by atoms with Crippen LogP contribution in [0, 0.1) is 5.92 Å². The Hall–Kier alpha value is -0.120. The van der Waals surface area contributed by atoms with Gasteiger partial charge in [-0.1, -0.05) is 0 Å². The summed E-state index contributed by atoms with van der Waals surface area (Å²) in [5.74, 6) is 0.832. The zero-order chi connectivity index (χ0) is 12.0. The highest BCUT2D eigenvalue weighted by atomic mass is 16.5. The lowest BCUT2D eigenvalue weighted by atomic mass is 9.81. The minimum absolute atomic E-state index is 0.339. The van der Waals surface area contributed by atoms with E-state index < -0.39 is 0 Å². The third-order valence-electron chi connectivity index (χ3n) is 3.80. The van der Waals surface area contributed by atoms with Crippen LogP contribution in [-0.4, -0.2) is 43.8 Å². The molecule has 0 aliphatic carbocycles. The second kappa shape index (κ2) is 6.58. The molecule has 1 fully saturated rings. The number of hydrogen-bond donors (Lipinski definition) is 1. The summed E-state index contributed by atoms with van der Waals surface area (Å²) in [7, 11) is 1.78. The van der Waals surface area contributed by atoms with E-state index in [0.717, 1.165) is 32.0 Å². The zero-order valence-electron chi connectivity index (χ0n) is 11.2. The first-order valence-electron chi connectivity index (χ1n) is 6.54. The highest BCUT2D eigenvalue weighted by molar-refractivity contribution is 4.89. The molecule has 1 rings (SSSR count). The Morgan fingerprint density at radius 3 is 2.75 bits per heavy atom. The van der Waals surface area contributed by atoms with E-state index in [1.165, 1.54) is 25.8 Å². The standard InChI is InChI=1S/C13H28N2O/c1-13(2)11-12(5-7-14)6-9-15(13)8-4-10-16-3/h12H,4-11,14H2,1-3H3. The van der Waals surface area contributed by atoms with Crippen molar-refractivity contribution in [2.45, 2.75) is 45.1 Å². The summed E-state index contributed by atoms with van der Waals surface area (Å²) >= 11 is 0. The van der Waals surface area contributed by atoms with E-state index in [0.29, 0.717) is 5.54 Å². The molecule has 0 bridgehead atoms. The minimum Gasteiger partial charge on any atom is -0.385 e. The first kappa shape index (κ1) is 13.9. The normalized spacial score (nSPS) is 25.9. The minimum atomic E-state index is 0.339. The lowest BCUT2D eigenvalue weighted by Crippen LogP contribution is -2.50. The number of ether oxygens (including phenoxy) is 1. The van der Waals surface area contributed by atoms with E-state index >= 15 is 0 Å². The predicted molar refractivity (Wildman–Crippen MR) is 68.5 cm³/mol. The first-order chi connectivity index (χ1) is 7.60. The molecule has 1 saturated heterocycles. The fourth-order valence-electron chi connectivity index (χ4n) is 2.88. The predicted octanol–water partition coefficient (Wildman–Crippen LogP) is 1.86. The molecule has 2 N–H and O–H groups in total. The summed E-state index contributed by atoms with van der Waals surface area (Å²) in [6.45, 7) is 8.83. The zero-order valence-corrected chi connectivity index (χ0v) is 11.2. The van der Waals surface area contributed by atoms with Gasteiger partial charge in [0, 0.05) is 25.8 Å². The third kappa shape index (κ3) is 4.04. The van der Waals surface area contributed by atoms with Gasteiger partial charge in [-0.2, -0.15) is 0 Å². The second-order valence-corrected chi connectivity index (χ2v) is 5.58. The average Bonchev–Trinajstić information content (AvgIpc) is 2.21. The van der Waals surface area contributed by atoms with E-state index in [9.17, 15) is 0 Å². The van der Waals surface area contributed by atoms with Gasteiger partial charge in [0.2, 0.25) is 0 Å². The first-order valence-corrected chi connectivity index (χ1v) is 6.54. The molecule has 0 aromatic carbocycles. The van der Waals surface area contributed by atoms with Crippen LogP contribution in [0.3, 0.4) is 0 Å². The van der Waals surface area contributed by atoms with Crippen molar-refractivity contribution < 1.29 is 4.74 Å². The summed E-state index contributed by atoms with van der Waals surface area (Å²) in [5, 5.41) is 0. The van der Waals surface area contributed by atoms with Crippen LogP contribution in [0.5, 0.6) is 0 Å². The van der Waals surface area contributed by atoms with Crippen LogP contribution in [0.2, 0.25) is 0 Å². The van der Waals surface area contributed by atoms with E-state index in [2.05, 4.69) is 18.7 Å². The quantitative estimate of drug-likeness (QED) is 0.705. The number of hydrogen-bond acceptors (Lipinski definition) is 3. The van der Waals surface area contributed by atoms with Gasteiger partial charge in [-0.05, 0) is 58.5 Å². The molecule has 1 aliphatic rings.